The molecule has 108 valence electrons. The molecule has 3 heteroatoms. The van der Waals surface area contributed by atoms with E-state index in [4.69, 9.17) is 10.5 Å². The first-order chi connectivity index (χ1) is 9.60. The normalized spacial score (nSPS) is 24.9. The molecule has 1 aliphatic carbocycles. The Labute approximate surface area is 120 Å². The number of anilines is 1. The van der Waals surface area contributed by atoms with Crippen LogP contribution in [0.25, 0.3) is 0 Å². The van der Waals surface area contributed by atoms with Crippen LogP contribution in [-0.4, -0.2) is 18.0 Å². The Morgan fingerprint density at radius 1 is 1.35 bits per heavy atom. The number of hydrogen-bond donors (Lipinski definition) is 1. The van der Waals surface area contributed by atoms with Crippen molar-refractivity contribution < 1.29 is 9.53 Å². The van der Waals surface area contributed by atoms with Gasteiger partial charge in [0.2, 0.25) is 0 Å². The lowest BCUT2D eigenvalue weighted by molar-refractivity contribution is -0.0866. The molecule has 0 bridgehead atoms. The summed E-state index contributed by atoms with van der Waals surface area (Å²) in [6.45, 7) is 2.71. The third-order valence-corrected chi connectivity index (χ3v) is 4.85. The van der Waals surface area contributed by atoms with Crippen molar-refractivity contribution in [1.82, 2.24) is 0 Å². The third kappa shape index (κ3) is 2.47. The van der Waals surface area contributed by atoms with Crippen molar-refractivity contribution in [3.05, 3.63) is 29.3 Å². The summed E-state index contributed by atoms with van der Waals surface area (Å²) in [7, 11) is 0. The van der Waals surface area contributed by atoms with E-state index in [0.717, 1.165) is 31.2 Å². The predicted molar refractivity (Wildman–Crippen MR) is 79.8 cm³/mol. The Hall–Kier alpha value is -1.35. The molecule has 3 rings (SSSR count). The van der Waals surface area contributed by atoms with Gasteiger partial charge in [-0.2, -0.15) is 0 Å². The Bertz CT molecular complexity index is 518. The molecule has 2 N–H and O–H groups in total. The molecule has 0 aromatic heterocycles. The zero-order valence-corrected chi connectivity index (χ0v) is 12.2. The lowest BCUT2D eigenvalue weighted by Gasteiger charge is -2.37. The first kappa shape index (κ1) is 13.6. The summed E-state index contributed by atoms with van der Waals surface area (Å²) in [6.07, 6.45) is 6.38. The summed E-state index contributed by atoms with van der Waals surface area (Å²) < 4.78 is 6.01. The predicted octanol–water partition coefficient (Wildman–Crippen LogP) is 3.50. The molecule has 3 nitrogen and oxygen atoms in total. The van der Waals surface area contributed by atoms with Crippen LogP contribution >= 0.6 is 0 Å². The van der Waals surface area contributed by atoms with E-state index in [1.807, 2.05) is 25.1 Å². The number of carbonyl (C=O) groups is 1. The van der Waals surface area contributed by atoms with Gasteiger partial charge in [0.15, 0.2) is 5.78 Å². The third-order valence-electron chi connectivity index (χ3n) is 4.85. The number of nitrogens with two attached hydrogens (primary N) is 1. The molecule has 2 fully saturated rings. The fraction of sp³-hybridized carbons (Fsp3) is 0.588. The van der Waals surface area contributed by atoms with Crippen molar-refractivity contribution in [3.8, 4) is 0 Å². The second-order valence-corrected chi connectivity index (χ2v) is 6.38. The van der Waals surface area contributed by atoms with Crippen molar-refractivity contribution in [1.29, 1.82) is 0 Å². The molecule has 1 saturated heterocycles. The second kappa shape index (κ2) is 5.21. The number of ketones is 1. The van der Waals surface area contributed by atoms with Crippen LogP contribution in [0.5, 0.6) is 0 Å². The molecule has 20 heavy (non-hydrogen) atoms. The monoisotopic (exact) mass is 273 g/mol. The second-order valence-electron chi connectivity index (χ2n) is 6.38. The summed E-state index contributed by atoms with van der Waals surface area (Å²) in [5.41, 5.74) is 8.36. The number of aryl methyl sites for hydroxylation is 1. The fourth-order valence-corrected chi connectivity index (χ4v) is 3.72. The van der Waals surface area contributed by atoms with Crippen LogP contribution in [-0.2, 0) is 4.74 Å². The van der Waals surface area contributed by atoms with E-state index in [-0.39, 0.29) is 17.3 Å². The van der Waals surface area contributed by atoms with E-state index in [2.05, 4.69) is 0 Å². The Kier molecular flexibility index (Phi) is 3.55. The van der Waals surface area contributed by atoms with Crippen LogP contribution in [0.1, 0.15) is 54.4 Å². The molecule has 0 radical (unpaired) electrons. The molecule has 0 amide bonds. The van der Waals surface area contributed by atoms with Crippen molar-refractivity contribution in [2.45, 2.75) is 51.0 Å². The minimum Gasteiger partial charge on any atom is -0.398 e. The van der Waals surface area contributed by atoms with Gasteiger partial charge >= 0.3 is 0 Å². The van der Waals surface area contributed by atoms with Crippen LogP contribution in [0.4, 0.5) is 5.69 Å². The molecule has 1 heterocycles. The summed E-state index contributed by atoms with van der Waals surface area (Å²) in [6, 6.07) is 5.72. The average molecular weight is 273 g/mol. The van der Waals surface area contributed by atoms with Gasteiger partial charge in [-0.3, -0.25) is 4.79 Å². The lowest BCUT2D eigenvalue weighted by Crippen LogP contribution is -2.39. The average Bonchev–Trinajstić information content (AvgIpc) is 2.88. The van der Waals surface area contributed by atoms with Gasteiger partial charge in [-0.25, -0.2) is 0 Å². The molecule has 1 aromatic carbocycles. The largest absolute Gasteiger partial charge is 0.398 e. The maximum atomic E-state index is 12.8. The van der Waals surface area contributed by atoms with Gasteiger partial charge in [-0.15, -0.1) is 0 Å². The molecule has 1 aromatic rings. The van der Waals surface area contributed by atoms with Crippen molar-refractivity contribution in [3.63, 3.8) is 0 Å². The van der Waals surface area contributed by atoms with Crippen molar-refractivity contribution in [2.75, 3.05) is 12.3 Å². The van der Waals surface area contributed by atoms with Crippen LogP contribution in [0.15, 0.2) is 18.2 Å². The maximum absolute atomic E-state index is 12.8. The highest BCUT2D eigenvalue weighted by Gasteiger charge is 2.42. The quantitative estimate of drug-likeness (QED) is 0.663. The molecule has 1 unspecified atom stereocenters. The standard InChI is InChI=1S/C17H23NO2/c1-12-4-5-15(18)14(10-12)16(19)13-6-9-20-17(11-13)7-2-3-8-17/h4-5,10,13H,2-3,6-9,11,18H2,1H3. The highest BCUT2D eigenvalue weighted by atomic mass is 16.5. The lowest BCUT2D eigenvalue weighted by atomic mass is 9.80. The van der Waals surface area contributed by atoms with Crippen molar-refractivity contribution >= 4 is 11.5 Å². The Morgan fingerprint density at radius 3 is 2.85 bits per heavy atom. The highest BCUT2D eigenvalue weighted by Crippen LogP contribution is 2.43. The smallest absolute Gasteiger partial charge is 0.168 e. The molecule has 1 saturated carbocycles. The summed E-state index contributed by atoms with van der Waals surface area (Å²) in [4.78, 5) is 12.8. The van der Waals surface area contributed by atoms with E-state index >= 15 is 0 Å². The van der Waals surface area contributed by atoms with Gasteiger partial charge < -0.3 is 10.5 Å². The summed E-state index contributed by atoms with van der Waals surface area (Å²) in [5, 5.41) is 0. The van der Waals surface area contributed by atoms with Gasteiger partial charge in [-0.1, -0.05) is 24.5 Å². The molecule has 2 aliphatic rings. The summed E-state index contributed by atoms with van der Waals surface area (Å²) in [5.74, 6) is 0.284. The first-order valence-electron chi connectivity index (χ1n) is 7.64. The number of nitrogen functional groups attached to an aromatic ring is 1. The minimum absolute atomic E-state index is 0.0167. The molecule has 1 aliphatic heterocycles. The fourth-order valence-electron chi connectivity index (χ4n) is 3.72. The molecule has 1 spiro atoms. The molecular formula is C17H23NO2. The van der Waals surface area contributed by atoms with E-state index in [0.29, 0.717) is 17.9 Å². The topological polar surface area (TPSA) is 52.3 Å². The van der Waals surface area contributed by atoms with Crippen LogP contribution in [0.2, 0.25) is 0 Å². The molecule has 1 atom stereocenters. The number of rotatable bonds is 2. The van der Waals surface area contributed by atoms with Gasteiger partial charge in [0.25, 0.3) is 0 Å². The highest BCUT2D eigenvalue weighted by molar-refractivity contribution is 6.02. The van der Waals surface area contributed by atoms with E-state index in [1.54, 1.807) is 0 Å². The number of benzene rings is 1. The van der Waals surface area contributed by atoms with Crippen molar-refractivity contribution in [2.24, 2.45) is 5.92 Å². The zero-order chi connectivity index (χ0) is 14.2. The Balaban J connectivity index is 1.81. The molecular weight excluding hydrogens is 250 g/mol. The summed E-state index contributed by atoms with van der Waals surface area (Å²) >= 11 is 0. The van der Waals surface area contributed by atoms with Crippen LogP contribution in [0, 0.1) is 12.8 Å². The number of carbonyl (C=O) groups excluding carboxylic acids is 1. The Morgan fingerprint density at radius 2 is 2.10 bits per heavy atom. The van der Waals surface area contributed by atoms with E-state index in [1.165, 1.54) is 12.8 Å². The van der Waals surface area contributed by atoms with Crippen LogP contribution in [0.3, 0.4) is 0 Å². The van der Waals surface area contributed by atoms with E-state index in [9.17, 15) is 4.79 Å². The number of ether oxygens (including phenoxy) is 1. The van der Waals surface area contributed by atoms with Gasteiger partial charge in [0.05, 0.1) is 5.60 Å². The van der Waals surface area contributed by atoms with E-state index < -0.39 is 0 Å². The van der Waals surface area contributed by atoms with Gasteiger partial charge in [-0.05, 0) is 44.7 Å². The minimum atomic E-state index is -0.0167. The number of hydrogen-bond acceptors (Lipinski definition) is 3. The van der Waals surface area contributed by atoms with Gasteiger partial charge in [0, 0.05) is 23.8 Å². The van der Waals surface area contributed by atoms with Gasteiger partial charge in [0.1, 0.15) is 0 Å². The number of Topliss-reactive ketones (excluding diaryl/α,β-unsaturated/α-hetero) is 1. The zero-order valence-electron chi connectivity index (χ0n) is 12.2. The van der Waals surface area contributed by atoms with Crippen LogP contribution < -0.4 is 5.73 Å². The first-order valence-corrected chi connectivity index (χ1v) is 7.64. The SMILES string of the molecule is Cc1ccc(N)c(C(=O)C2CCOC3(CCCC3)C2)c1. The maximum Gasteiger partial charge on any atom is 0.168 e.